The molecule has 0 unspecified atom stereocenters. The van der Waals surface area contributed by atoms with Crippen molar-refractivity contribution in [3.63, 3.8) is 0 Å². The van der Waals surface area contributed by atoms with Gasteiger partial charge in [-0.15, -0.1) is 0 Å². The molecule has 0 bridgehead atoms. The number of amides is 2. The van der Waals surface area contributed by atoms with Crippen LogP contribution in [-0.2, 0) is 20.9 Å². The van der Waals surface area contributed by atoms with E-state index in [2.05, 4.69) is 5.43 Å². The molecule has 1 heterocycles. The first kappa shape index (κ1) is 21.3. The molecule has 156 valence electrons. The van der Waals surface area contributed by atoms with Crippen LogP contribution in [0.25, 0.3) is 0 Å². The van der Waals surface area contributed by atoms with Crippen molar-refractivity contribution in [2.45, 2.75) is 30.5 Å². The molecule has 2 amide bonds. The number of hydrogen-bond donors (Lipinski definition) is 1. The second-order valence-electron chi connectivity index (χ2n) is 6.63. The highest BCUT2D eigenvalue weighted by molar-refractivity contribution is 8.13. The van der Waals surface area contributed by atoms with Gasteiger partial charge in [0.1, 0.15) is 12.6 Å². The first-order valence-electron chi connectivity index (χ1n) is 9.09. The van der Waals surface area contributed by atoms with Crippen molar-refractivity contribution in [2.24, 2.45) is 5.92 Å². The number of carbonyl (C=O) groups excluding carboxylic acids is 3. The van der Waals surface area contributed by atoms with Crippen molar-refractivity contribution in [1.29, 1.82) is 0 Å². The van der Waals surface area contributed by atoms with Crippen molar-refractivity contribution in [3.05, 3.63) is 76.3 Å². The summed E-state index contributed by atoms with van der Waals surface area (Å²) in [6.07, 6.45) is -0.936. The molecule has 1 aliphatic rings. The maximum atomic E-state index is 12.6. The highest BCUT2D eigenvalue weighted by Crippen LogP contribution is 2.32. The summed E-state index contributed by atoms with van der Waals surface area (Å²) < 4.78 is 5.06. The maximum absolute atomic E-state index is 12.6. The Morgan fingerprint density at radius 1 is 1.17 bits per heavy atom. The lowest BCUT2D eigenvalue weighted by molar-refractivity contribution is -0.530. The minimum Gasteiger partial charge on any atom is -0.443 e. The highest BCUT2D eigenvalue weighted by Gasteiger charge is 2.61. The van der Waals surface area contributed by atoms with Gasteiger partial charge in [-0.2, -0.15) is 0 Å². The first-order chi connectivity index (χ1) is 14.4. The lowest BCUT2D eigenvalue weighted by Crippen LogP contribution is -2.74. The normalized spacial score (nSPS) is 18.8. The number of benzene rings is 2. The molecule has 3 atom stereocenters. The van der Waals surface area contributed by atoms with E-state index in [4.69, 9.17) is 4.74 Å². The Morgan fingerprint density at radius 3 is 2.37 bits per heavy atom. The zero-order valence-corrected chi connectivity index (χ0v) is 16.8. The van der Waals surface area contributed by atoms with E-state index in [9.17, 15) is 24.5 Å². The van der Waals surface area contributed by atoms with Gasteiger partial charge in [0.2, 0.25) is 0 Å². The van der Waals surface area contributed by atoms with Crippen molar-refractivity contribution in [3.8, 4) is 0 Å². The van der Waals surface area contributed by atoms with E-state index >= 15 is 0 Å². The Balaban J connectivity index is 1.65. The van der Waals surface area contributed by atoms with Crippen LogP contribution in [0.4, 0.5) is 4.79 Å². The molecule has 9 nitrogen and oxygen atoms in total. The third kappa shape index (κ3) is 4.77. The molecule has 3 rings (SSSR count). The summed E-state index contributed by atoms with van der Waals surface area (Å²) in [7, 11) is 0. The van der Waals surface area contributed by atoms with Crippen LogP contribution in [0.3, 0.4) is 0 Å². The SMILES string of the molecule is C[C@@H](C(=O)Sc1ccccc1)[C@@H]1[C@@H]([N+](=O)[O-])C(=O)N1NC(=O)OCc1ccccc1. The second kappa shape index (κ2) is 9.40. The van der Waals surface area contributed by atoms with Gasteiger partial charge in [0.25, 0.3) is 0 Å². The standard InChI is InChI=1S/C20H19N3O6S/c1-13(19(25)30-15-10-6-3-7-11-15)16-17(23(27)28)18(24)22(16)21-20(26)29-12-14-8-4-2-5-9-14/h2-11,13,16-17H,12H2,1H3,(H,21,26)/t13-,16-,17-/m1/s1. The topological polar surface area (TPSA) is 119 Å². The van der Waals surface area contributed by atoms with Gasteiger partial charge in [-0.3, -0.25) is 19.7 Å². The summed E-state index contributed by atoms with van der Waals surface area (Å²) in [6, 6.07) is 15.0. The van der Waals surface area contributed by atoms with Crippen molar-refractivity contribution >= 4 is 28.9 Å². The molecule has 1 saturated heterocycles. The largest absolute Gasteiger partial charge is 0.443 e. The molecule has 10 heteroatoms. The number of rotatable bonds is 7. The molecular formula is C20H19N3O6S. The number of ether oxygens (including phenoxy) is 1. The molecule has 2 aromatic carbocycles. The number of thioether (sulfide) groups is 1. The van der Waals surface area contributed by atoms with Crippen LogP contribution in [0.15, 0.2) is 65.6 Å². The number of nitro groups is 1. The summed E-state index contributed by atoms with van der Waals surface area (Å²) in [6.45, 7) is 1.46. The zero-order chi connectivity index (χ0) is 21.7. The van der Waals surface area contributed by atoms with Gasteiger partial charge in [0.15, 0.2) is 5.12 Å². The Labute approximate surface area is 176 Å². The van der Waals surface area contributed by atoms with Crippen LogP contribution in [0, 0.1) is 16.0 Å². The van der Waals surface area contributed by atoms with Gasteiger partial charge in [0, 0.05) is 9.82 Å². The number of hydrogen-bond acceptors (Lipinski definition) is 7. The molecule has 0 spiro atoms. The predicted octanol–water partition coefficient (Wildman–Crippen LogP) is 2.64. The molecule has 1 N–H and O–H groups in total. The molecule has 30 heavy (non-hydrogen) atoms. The smallest absolute Gasteiger partial charge is 0.426 e. The van der Waals surface area contributed by atoms with E-state index in [1.54, 1.807) is 54.6 Å². The third-order valence-corrected chi connectivity index (χ3v) is 5.69. The lowest BCUT2D eigenvalue weighted by atomic mass is 9.87. The fourth-order valence-electron chi connectivity index (χ4n) is 3.03. The number of carbonyl (C=O) groups is 3. The highest BCUT2D eigenvalue weighted by atomic mass is 32.2. The summed E-state index contributed by atoms with van der Waals surface area (Å²) in [4.78, 5) is 48.2. The average Bonchev–Trinajstić information content (AvgIpc) is 2.74. The Morgan fingerprint density at radius 2 is 1.77 bits per heavy atom. The van der Waals surface area contributed by atoms with E-state index in [1.807, 2.05) is 6.07 Å². The summed E-state index contributed by atoms with van der Waals surface area (Å²) in [5.41, 5.74) is 2.97. The van der Waals surface area contributed by atoms with Crippen LogP contribution >= 0.6 is 11.8 Å². The summed E-state index contributed by atoms with van der Waals surface area (Å²) in [5, 5.41) is 11.8. The molecule has 1 fully saturated rings. The van der Waals surface area contributed by atoms with Gasteiger partial charge in [-0.25, -0.2) is 15.2 Å². The number of β-lactam (4-membered cyclic amide) rings is 1. The fraction of sp³-hybridized carbons (Fsp3) is 0.250. The van der Waals surface area contributed by atoms with Crippen molar-refractivity contribution < 1.29 is 24.0 Å². The molecule has 0 aromatic heterocycles. The molecule has 1 aliphatic heterocycles. The molecule has 2 aromatic rings. The van der Waals surface area contributed by atoms with Crippen LogP contribution in [0.2, 0.25) is 0 Å². The number of nitrogens with one attached hydrogen (secondary N) is 1. The average molecular weight is 429 g/mol. The molecular weight excluding hydrogens is 410 g/mol. The minimum atomic E-state index is -1.60. The van der Waals surface area contributed by atoms with Gasteiger partial charge in [-0.1, -0.05) is 67.2 Å². The van der Waals surface area contributed by atoms with Gasteiger partial charge in [0.05, 0.1) is 5.92 Å². The van der Waals surface area contributed by atoms with Crippen molar-refractivity contribution in [1.82, 2.24) is 10.4 Å². The third-order valence-electron chi connectivity index (χ3n) is 4.61. The number of hydrazine groups is 1. The van der Waals surface area contributed by atoms with Gasteiger partial charge < -0.3 is 4.74 Å². The predicted molar refractivity (Wildman–Crippen MR) is 108 cm³/mol. The summed E-state index contributed by atoms with van der Waals surface area (Å²) >= 11 is 0.929. The molecule has 0 aliphatic carbocycles. The second-order valence-corrected chi connectivity index (χ2v) is 7.70. The van der Waals surface area contributed by atoms with E-state index in [0.717, 1.165) is 22.3 Å². The van der Waals surface area contributed by atoms with Crippen LogP contribution in [0.1, 0.15) is 12.5 Å². The fourth-order valence-corrected chi connectivity index (χ4v) is 3.88. The lowest BCUT2D eigenvalue weighted by Gasteiger charge is -2.43. The minimum absolute atomic E-state index is 0.0314. The van der Waals surface area contributed by atoms with Gasteiger partial charge >= 0.3 is 18.0 Å². The van der Waals surface area contributed by atoms with Crippen LogP contribution in [-0.4, -0.2) is 39.1 Å². The van der Waals surface area contributed by atoms with Crippen molar-refractivity contribution in [2.75, 3.05) is 0 Å². The maximum Gasteiger partial charge on any atom is 0.426 e. The summed E-state index contributed by atoms with van der Waals surface area (Å²) in [5.74, 6) is -1.79. The van der Waals surface area contributed by atoms with E-state index in [1.165, 1.54) is 6.92 Å². The van der Waals surface area contributed by atoms with E-state index in [0.29, 0.717) is 4.90 Å². The van der Waals surface area contributed by atoms with Crippen LogP contribution in [0.5, 0.6) is 0 Å². The first-order valence-corrected chi connectivity index (χ1v) is 9.90. The van der Waals surface area contributed by atoms with E-state index < -0.39 is 34.9 Å². The monoisotopic (exact) mass is 429 g/mol. The van der Waals surface area contributed by atoms with Crippen LogP contribution < -0.4 is 5.43 Å². The molecule has 0 saturated carbocycles. The van der Waals surface area contributed by atoms with E-state index in [-0.39, 0.29) is 11.7 Å². The van der Waals surface area contributed by atoms with Gasteiger partial charge in [-0.05, 0) is 17.7 Å². The quantitative estimate of drug-likeness (QED) is 0.311. The number of nitrogens with zero attached hydrogens (tertiary/aromatic N) is 2. The Bertz CT molecular complexity index is 940. The zero-order valence-electron chi connectivity index (χ0n) is 16.0. The Hall–Kier alpha value is -3.40. The Kier molecular flexibility index (Phi) is 6.68. The molecule has 0 radical (unpaired) electrons.